The topological polar surface area (TPSA) is 109 Å². The van der Waals surface area contributed by atoms with Crippen LogP contribution in [0, 0.1) is 5.92 Å². The van der Waals surface area contributed by atoms with Crippen molar-refractivity contribution in [3.8, 4) is 0 Å². The number of aromatic nitrogens is 1. The van der Waals surface area contributed by atoms with Gasteiger partial charge in [-0.15, -0.1) is 11.3 Å². The molecule has 0 saturated carbocycles. The van der Waals surface area contributed by atoms with E-state index in [-0.39, 0.29) is 25.2 Å². The van der Waals surface area contributed by atoms with Crippen LogP contribution in [0.2, 0.25) is 0 Å². The van der Waals surface area contributed by atoms with Gasteiger partial charge in [-0.25, -0.2) is 9.78 Å². The largest absolute Gasteiger partial charge is 0.481 e. The van der Waals surface area contributed by atoms with Crippen molar-refractivity contribution in [2.24, 2.45) is 5.92 Å². The Bertz CT molecular complexity index is 658. The van der Waals surface area contributed by atoms with Gasteiger partial charge in [-0.2, -0.15) is 0 Å². The number of nitrogens with zero attached hydrogens (tertiary/aromatic N) is 2. The summed E-state index contributed by atoms with van der Waals surface area (Å²) in [5.41, 5.74) is -0.386. The van der Waals surface area contributed by atoms with Gasteiger partial charge in [0.05, 0.1) is 18.2 Å². The minimum atomic E-state index is -0.908. The van der Waals surface area contributed by atoms with Crippen LogP contribution in [0.15, 0.2) is 5.38 Å². The predicted octanol–water partition coefficient (Wildman–Crippen LogP) is 2.31. The van der Waals surface area contributed by atoms with Crippen molar-refractivity contribution >= 4 is 34.4 Å². The van der Waals surface area contributed by atoms with Crippen LogP contribution in [0.25, 0.3) is 0 Å². The molecule has 0 aliphatic carbocycles. The molecule has 1 fully saturated rings. The summed E-state index contributed by atoms with van der Waals surface area (Å²) in [6.45, 7) is 6.16. The van der Waals surface area contributed by atoms with Crippen LogP contribution >= 0.6 is 11.3 Å². The van der Waals surface area contributed by atoms with Crippen LogP contribution in [0.5, 0.6) is 0 Å². The van der Waals surface area contributed by atoms with E-state index in [4.69, 9.17) is 9.84 Å². The second-order valence-corrected chi connectivity index (χ2v) is 7.30. The van der Waals surface area contributed by atoms with Crippen molar-refractivity contribution in [2.45, 2.75) is 39.0 Å². The number of hydrogen-bond acceptors (Lipinski definition) is 6. The highest BCUT2D eigenvalue weighted by atomic mass is 32.1. The summed E-state index contributed by atoms with van der Waals surface area (Å²) in [6.07, 6.45) is 1.23. The molecule has 1 atom stereocenters. The molecule has 1 aromatic heterocycles. The van der Waals surface area contributed by atoms with Gasteiger partial charge in [-0.05, 0) is 33.6 Å². The molecule has 138 valence electrons. The molecule has 9 heteroatoms. The van der Waals surface area contributed by atoms with Gasteiger partial charge >= 0.3 is 18.0 Å². The maximum absolute atomic E-state index is 12.3. The molecule has 2 N–H and O–H groups in total. The maximum Gasteiger partial charge on any atom is 0.323 e. The fraction of sp³-hybridized carbons (Fsp3) is 0.625. The summed E-state index contributed by atoms with van der Waals surface area (Å²) in [5, 5.41) is 13.9. The van der Waals surface area contributed by atoms with Crippen LogP contribution < -0.4 is 5.32 Å². The Morgan fingerprint density at radius 2 is 2.20 bits per heavy atom. The van der Waals surface area contributed by atoms with Crippen molar-refractivity contribution in [1.29, 1.82) is 0 Å². The molecule has 0 spiro atoms. The molecule has 8 nitrogen and oxygen atoms in total. The SMILES string of the molecule is CCOC(=O)C(C)(C)c1csc(NC(=O)N2CCCC(C(=O)O)C2)n1. The fourth-order valence-corrected chi connectivity index (χ4v) is 3.44. The van der Waals surface area contributed by atoms with Gasteiger partial charge in [0.25, 0.3) is 0 Å². The van der Waals surface area contributed by atoms with Crippen LogP contribution in [-0.2, 0) is 19.7 Å². The van der Waals surface area contributed by atoms with Crippen LogP contribution in [0.4, 0.5) is 9.93 Å². The number of amides is 2. The number of carboxylic acids is 1. The Morgan fingerprint density at radius 1 is 1.48 bits per heavy atom. The first kappa shape index (κ1) is 19.2. The van der Waals surface area contributed by atoms with E-state index in [0.29, 0.717) is 30.2 Å². The number of ether oxygens (including phenoxy) is 1. The third kappa shape index (κ3) is 4.47. The highest BCUT2D eigenvalue weighted by molar-refractivity contribution is 7.14. The molecule has 1 aliphatic rings. The number of anilines is 1. The lowest BCUT2D eigenvalue weighted by Gasteiger charge is -2.30. The Labute approximate surface area is 150 Å². The van der Waals surface area contributed by atoms with Gasteiger partial charge in [-0.1, -0.05) is 0 Å². The summed E-state index contributed by atoms with van der Waals surface area (Å²) < 4.78 is 5.06. The van der Waals surface area contributed by atoms with Crippen molar-refractivity contribution in [1.82, 2.24) is 9.88 Å². The van der Waals surface area contributed by atoms with E-state index in [1.54, 1.807) is 26.2 Å². The van der Waals surface area contributed by atoms with E-state index >= 15 is 0 Å². The van der Waals surface area contributed by atoms with E-state index in [1.165, 1.54) is 16.2 Å². The number of nitrogens with one attached hydrogen (secondary N) is 1. The van der Waals surface area contributed by atoms with Crippen LogP contribution in [0.1, 0.15) is 39.3 Å². The van der Waals surface area contributed by atoms with Crippen LogP contribution in [-0.4, -0.2) is 52.7 Å². The number of rotatable bonds is 5. The zero-order chi connectivity index (χ0) is 18.6. The molecule has 1 aliphatic heterocycles. The Morgan fingerprint density at radius 3 is 2.84 bits per heavy atom. The minimum Gasteiger partial charge on any atom is -0.481 e. The molecule has 0 radical (unpaired) electrons. The molecule has 1 saturated heterocycles. The number of piperidine rings is 1. The third-order valence-electron chi connectivity index (χ3n) is 4.20. The molecule has 2 amide bonds. The van der Waals surface area contributed by atoms with Crippen molar-refractivity contribution in [3.63, 3.8) is 0 Å². The Hall–Kier alpha value is -2.16. The lowest BCUT2D eigenvalue weighted by Crippen LogP contribution is -2.44. The summed E-state index contributed by atoms with van der Waals surface area (Å²) in [4.78, 5) is 41.3. The number of urea groups is 1. The van der Waals surface area contributed by atoms with E-state index in [2.05, 4.69) is 10.3 Å². The van der Waals surface area contributed by atoms with Gasteiger partial charge in [0.2, 0.25) is 0 Å². The molecule has 0 bridgehead atoms. The number of aliphatic carboxylic acids is 1. The molecular weight excluding hydrogens is 346 g/mol. The molecule has 1 aromatic rings. The number of likely N-dealkylation sites (tertiary alicyclic amines) is 1. The molecular formula is C16H23N3O5S. The number of esters is 1. The molecule has 1 unspecified atom stereocenters. The van der Waals surface area contributed by atoms with Gasteiger partial charge in [0.15, 0.2) is 5.13 Å². The summed E-state index contributed by atoms with van der Waals surface area (Å²) in [7, 11) is 0. The number of thiazole rings is 1. The zero-order valence-corrected chi connectivity index (χ0v) is 15.4. The second kappa shape index (κ2) is 7.81. The molecule has 25 heavy (non-hydrogen) atoms. The number of carboxylic acid groups (broad SMARTS) is 1. The number of carbonyl (C=O) groups excluding carboxylic acids is 2. The van der Waals surface area contributed by atoms with Gasteiger partial charge in [-0.3, -0.25) is 14.9 Å². The summed E-state index contributed by atoms with van der Waals surface area (Å²) in [6, 6.07) is -0.374. The van der Waals surface area contributed by atoms with Crippen molar-refractivity contribution in [2.75, 3.05) is 25.0 Å². The Balaban J connectivity index is 2.02. The van der Waals surface area contributed by atoms with E-state index in [0.717, 1.165) is 0 Å². The number of carbonyl (C=O) groups is 3. The minimum absolute atomic E-state index is 0.188. The average Bonchev–Trinajstić information content (AvgIpc) is 3.04. The molecule has 2 rings (SSSR count). The third-order valence-corrected chi connectivity index (χ3v) is 4.96. The van der Waals surface area contributed by atoms with Crippen molar-refractivity contribution < 1.29 is 24.2 Å². The highest BCUT2D eigenvalue weighted by Crippen LogP contribution is 2.28. The quantitative estimate of drug-likeness (QED) is 0.771. The van der Waals surface area contributed by atoms with E-state index in [1.807, 2.05) is 0 Å². The average molecular weight is 369 g/mol. The number of hydrogen-bond donors (Lipinski definition) is 2. The fourth-order valence-electron chi connectivity index (χ4n) is 2.57. The van der Waals surface area contributed by atoms with E-state index in [9.17, 15) is 14.4 Å². The lowest BCUT2D eigenvalue weighted by atomic mass is 9.90. The van der Waals surface area contributed by atoms with Crippen LogP contribution in [0.3, 0.4) is 0 Å². The molecule has 0 aromatic carbocycles. The lowest BCUT2D eigenvalue weighted by molar-refractivity contribution is -0.149. The summed E-state index contributed by atoms with van der Waals surface area (Å²) >= 11 is 1.22. The van der Waals surface area contributed by atoms with Gasteiger partial charge < -0.3 is 14.7 Å². The highest BCUT2D eigenvalue weighted by Gasteiger charge is 2.34. The normalized spacial score (nSPS) is 17.9. The standard InChI is InChI=1S/C16H23N3O5S/c1-4-24-13(22)16(2,3)11-9-25-14(17-11)18-15(23)19-7-5-6-10(8-19)12(20)21/h9-10H,4-8H2,1-3H3,(H,20,21)(H,17,18,23). The zero-order valence-electron chi connectivity index (χ0n) is 14.6. The Kier molecular flexibility index (Phi) is 5.99. The smallest absolute Gasteiger partial charge is 0.323 e. The maximum atomic E-state index is 12.3. The first-order chi connectivity index (χ1) is 11.8. The monoisotopic (exact) mass is 369 g/mol. The van der Waals surface area contributed by atoms with Gasteiger partial charge in [0, 0.05) is 18.5 Å². The second-order valence-electron chi connectivity index (χ2n) is 6.44. The van der Waals surface area contributed by atoms with Gasteiger partial charge in [0.1, 0.15) is 5.41 Å². The molecule has 2 heterocycles. The predicted molar refractivity (Wildman–Crippen MR) is 92.7 cm³/mol. The first-order valence-corrected chi connectivity index (χ1v) is 9.05. The summed E-state index contributed by atoms with van der Waals surface area (Å²) in [5.74, 6) is -1.79. The van der Waals surface area contributed by atoms with Crippen molar-refractivity contribution in [3.05, 3.63) is 11.1 Å². The van der Waals surface area contributed by atoms with E-state index < -0.39 is 17.3 Å². The first-order valence-electron chi connectivity index (χ1n) is 8.17.